The molecule has 0 amide bonds. The molecule has 0 aliphatic heterocycles. The maximum atomic E-state index is 5.35. The molecule has 0 fully saturated rings. The van der Waals surface area contributed by atoms with Crippen molar-refractivity contribution in [2.45, 2.75) is 6.42 Å². The van der Waals surface area contributed by atoms with Gasteiger partial charge >= 0.3 is 0 Å². The van der Waals surface area contributed by atoms with Crippen LogP contribution in [0.25, 0.3) is 0 Å². The number of nitrogens with two attached hydrogens (primary N) is 1. The van der Waals surface area contributed by atoms with Crippen molar-refractivity contribution >= 4 is 7.85 Å². The van der Waals surface area contributed by atoms with Gasteiger partial charge in [-0.15, -0.1) is 5.47 Å². The summed E-state index contributed by atoms with van der Waals surface area (Å²) in [5.41, 5.74) is 7.07. The summed E-state index contributed by atoms with van der Waals surface area (Å²) in [5, 5.41) is 0. The van der Waals surface area contributed by atoms with Gasteiger partial charge in [-0.2, -0.15) is 0 Å². The maximum Gasteiger partial charge on any atom is 0.108 e. The zero-order valence-corrected chi connectivity index (χ0v) is 4.02. The van der Waals surface area contributed by atoms with Crippen LogP contribution >= 0.6 is 0 Å². The third-order valence-electron chi connectivity index (χ3n) is 0.920. The summed E-state index contributed by atoms with van der Waals surface area (Å²) >= 11 is 0. The molecule has 0 atom stereocenters. The fraction of sp³-hybridized carbons (Fsp3) is 0.200. The van der Waals surface area contributed by atoms with E-state index in [-0.39, 0.29) is 0 Å². The fourth-order valence-corrected chi connectivity index (χ4v) is 0.568. The molecule has 0 spiro atoms. The minimum absolute atomic E-state index is 0.750. The standard InChI is InChI=1S/C5H6BN/c6-4-1-2-5(7)3-4/h1-2H,3,7H2. The van der Waals surface area contributed by atoms with Gasteiger partial charge in [-0.3, -0.25) is 0 Å². The molecule has 7 heavy (non-hydrogen) atoms. The van der Waals surface area contributed by atoms with Crippen LogP contribution in [0.15, 0.2) is 23.3 Å². The molecule has 0 saturated heterocycles. The highest BCUT2D eigenvalue weighted by Gasteiger charge is 1.96. The molecule has 1 aliphatic carbocycles. The minimum Gasteiger partial charge on any atom is -0.402 e. The molecule has 2 N–H and O–H groups in total. The Hall–Kier alpha value is -0.655. The molecule has 0 aromatic rings. The van der Waals surface area contributed by atoms with Crippen molar-refractivity contribution in [2.24, 2.45) is 5.73 Å². The van der Waals surface area contributed by atoms with Crippen LogP contribution in [0.2, 0.25) is 0 Å². The lowest BCUT2D eigenvalue weighted by atomic mass is 9.95. The van der Waals surface area contributed by atoms with Gasteiger partial charge < -0.3 is 5.73 Å². The van der Waals surface area contributed by atoms with Crippen molar-refractivity contribution in [3.63, 3.8) is 0 Å². The van der Waals surface area contributed by atoms with Crippen molar-refractivity contribution in [1.82, 2.24) is 0 Å². The predicted octanol–water partition coefficient (Wildman–Crippen LogP) is 0.285. The van der Waals surface area contributed by atoms with Crippen LogP contribution in [0, 0.1) is 0 Å². The molecule has 0 bridgehead atoms. The Morgan fingerprint density at radius 2 is 2.29 bits per heavy atom. The average Bonchev–Trinajstić information content (AvgIpc) is 1.87. The average molecular weight is 90.9 g/mol. The maximum absolute atomic E-state index is 5.35. The molecular weight excluding hydrogens is 84.9 g/mol. The van der Waals surface area contributed by atoms with E-state index in [0.717, 1.165) is 17.6 Å². The van der Waals surface area contributed by atoms with Crippen molar-refractivity contribution in [1.29, 1.82) is 0 Å². The lowest BCUT2D eigenvalue weighted by Gasteiger charge is -1.88. The molecule has 1 rings (SSSR count). The second-order valence-corrected chi connectivity index (χ2v) is 1.66. The predicted molar refractivity (Wildman–Crippen MR) is 30.7 cm³/mol. The summed E-state index contributed by atoms with van der Waals surface area (Å²) in [5.74, 6) is 0. The zero-order chi connectivity index (χ0) is 5.28. The van der Waals surface area contributed by atoms with E-state index in [2.05, 4.69) is 0 Å². The second kappa shape index (κ2) is 1.45. The van der Waals surface area contributed by atoms with Crippen LogP contribution in [0.5, 0.6) is 0 Å². The number of hydrogen-bond acceptors (Lipinski definition) is 1. The second-order valence-electron chi connectivity index (χ2n) is 1.66. The van der Waals surface area contributed by atoms with Crippen LogP contribution in [0.3, 0.4) is 0 Å². The first-order valence-electron chi connectivity index (χ1n) is 2.20. The van der Waals surface area contributed by atoms with E-state index < -0.39 is 0 Å². The number of allylic oxidation sites excluding steroid dienone is 3. The largest absolute Gasteiger partial charge is 0.402 e. The van der Waals surface area contributed by atoms with Gasteiger partial charge in [-0.1, -0.05) is 6.08 Å². The third kappa shape index (κ3) is 0.859. The highest BCUT2D eigenvalue weighted by molar-refractivity contribution is 6.22. The van der Waals surface area contributed by atoms with E-state index in [1.54, 1.807) is 0 Å². The van der Waals surface area contributed by atoms with Gasteiger partial charge in [0.1, 0.15) is 7.85 Å². The Labute approximate surface area is 44.3 Å². The monoisotopic (exact) mass is 91.1 g/mol. The minimum atomic E-state index is 0.750. The van der Waals surface area contributed by atoms with Crippen molar-refractivity contribution in [2.75, 3.05) is 0 Å². The summed E-state index contributed by atoms with van der Waals surface area (Å²) < 4.78 is 0. The summed E-state index contributed by atoms with van der Waals surface area (Å²) in [7, 11) is 5.35. The van der Waals surface area contributed by atoms with Gasteiger partial charge in [0.15, 0.2) is 0 Å². The lowest BCUT2D eigenvalue weighted by Crippen LogP contribution is -1.92. The quantitative estimate of drug-likeness (QED) is 0.426. The number of hydrogen-bond donors (Lipinski definition) is 1. The van der Waals surface area contributed by atoms with E-state index in [1.165, 1.54) is 0 Å². The Morgan fingerprint density at radius 3 is 2.43 bits per heavy atom. The van der Waals surface area contributed by atoms with Gasteiger partial charge in [0.05, 0.1) is 0 Å². The first kappa shape index (κ1) is 4.50. The molecule has 1 nitrogen and oxygen atoms in total. The zero-order valence-electron chi connectivity index (χ0n) is 4.02. The van der Waals surface area contributed by atoms with Crippen molar-refractivity contribution in [3.05, 3.63) is 23.3 Å². The normalized spacial score (nSPS) is 18.9. The van der Waals surface area contributed by atoms with Crippen LogP contribution in [0.4, 0.5) is 0 Å². The Kier molecular flexibility index (Phi) is 0.932. The summed E-state index contributed by atoms with van der Waals surface area (Å²) in [4.78, 5) is 0. The molecule has 2 heteroatoms. The molecule has 0 saturated carbocycles. The van der Waals surface area contributed by atoms with E-state index >= 15 is 0 Å². The summed E-state index contributed by atoms with van der Waals surface area (Å²) in [6.07, 6.45) is 4.41. The van der Waals surface area contributed by atoms with Gasteiger partial charge in [0, 0.05) is 5.70 Å². The van der Waals surface area contributed by atoms with Crippen molar-refractivity contribution < 1.29 is 0 Å². The Balaban J connectivity index is 2.61. The van der Waals surface area contributed by atoms with Crippen LogP contribution in [-0.4, -0.2) is 7.85 Å². The van der Waals surface area contributed by atoms with Gasteiger partial charge in [-0.05, 0) is 12.5 Å². The van der Waals surface area contributed by atoms with E-state index in [9.17, 15) is 0 Å². The van der Waals surface area contributed by atoms with E-state index in [4.69, 9.17) is 13.6 Å². The molecule has 34 valence electrons. The SMILES string of the molecule is [B]C1=CC=C(N)C1. The van der Waals surface area contributed by atoms with E-state index in [0.29, 0.717) is 0 Å². The first-order valence-corrected chi connectivity index (χ1v) is 2.20. The molecule has 0 heterocycles. The topological polar surface area (TPSA) is 26.0 Å². The Morgan fingerprint density at radius 1 is 1.57 bits per heavy atom. The summed E-state index contributed by atoms with van der Waals surface area (Å²) in [6, 6.07) is 0. The van der Waals surface area contributed by atoms with Gasteiger partial charge in [-0.25, -0.2) is 0 Å². The van der Waals surface area contributed by atoms with E-state index in [1.807, 2.05) is 12.2 Å². The number of rotatable bonds is 0. The lowest BCUT2D eigenvalue weighted by molar-refractivity contribution is 1.18. The first-order chi connectivity index (χ1) is 3.29. The van der Waals surface area contributed by atoms with Crippen LogP contribution < -0.4 is 5.73 Å². The fourth-order valence-electron chi connectivity index (χ4n) is 0.568. The van der Waals surface area contributed by atoms with Gasteiger partial charge in [0.25, 0.3) is 0 Å². The highest BCUT2D eigenvalue weighted by Crippen LogP contribution is 2.09. The van der Waals surface area contributed by atoms with Crippen LogP contribution in [-0.2, 0) is 0 Å². The van der Waals surface area contributed by atoms with Crippen molar-refractivity contribution in [3.8, 4) is 0 Å². The smallest absolute Gasteiger partial charge is 0.108 e. The molecule has 1 aliphatic rings. The molecular formula is C5H6BN. The van der Waals surface area contributed by atoms with Gasteiger partial charge in [0.2, 0.25) is 0 Å². The Bertz CT molecular complexity index is 119. The molecule has 0 aromatic heterocycles. The molecule has 2 radical (unpaired) electrons. The molecule has 0 aromatic carbocycles. The molecule has 0 unspecified atom stereocenters. The summed E-state index contributed by atoms with van der Waals surface area (Å²) in [6.45, 7) is 0. The van der Waals surface area contributed by atoms with Crippen LogP contribution in [0.1, 0.15) is 6.42 Å². The highest BCUT2D eigenvalue weighted by atomic mass is 14.6. The third-order valence-corrected chi connectivity index (χ3v) is 0.920.